The van der Waals surface area contributed by atoms with Gasteiger partial charge in [-0.1, -0.05) is 30.9 Å². The van der Waals surface area contributed by atoms with Gasteiger partial charge >= 0.3 is 0 Å². The molecule has 0 aliphatic heterocycles. The molecule has 1 aliphatic carbocycles. The van der Waals surface area contributed by atoms with Gasteiger partial charge in [0.1, 0.15) is 11.5 Å². The van der Waals surface area contributed by atoms with Crippen molar-refractivity contribution in [3.8, 4) is 0 Å². The quantitative estimate of drug-likeness (QED) is 0.783. The molecule has 90 valence electrons. The number of anilines is 1. The number of rotatable bonds is 2. The number of hydrogen-bond donors (Lipinski definition) is 1. The first-order chi connectivity index (χ1) is 7.70. The van der Waals surface area contributed by atoms with E-state index in [-0.39, 0.29) is 0 Å². The van der Waals surface area contributed by atoms with Crippen molar-refractivity contribution in [3.63, 3.8) is 0 Å². The Kier molecular flexibility index (Phi) is 3.46. The van der Waals surface area contributed by atoms with E-state index in [0.717, 1.165) is 11.5 Å². The molecule has 2 N–H and O–H groups in total. The van der Waals surface area contributed by atoms with Gasteiger partial charge in [-0.15, -0.1) is 5.10 Å². The average molecular weight is 222 g/mol. The van der Waals surface area contributed by atoms with E-state index >= 15 is 0 Å². The largest absolute Gasteiger partial charge is 0.382 e. The fraction of sp³-hybridized carbons (Fsp3) is 0.833. The molecular formula is C12H22N4. The molecule has 0 aromatic carbocycles. The smallest absolute Gasteiger partial charge is 0.146 e. The topological polar surface area (TPSA) is 56.7 Å². The molecular weight excluding hydrogens is 200 g/mol. The third-order valence-corrected chi connectivity index (χ3v) is 3.49. The molecule has 0 atom stereocenters. The van der Waals surface area contributed by atoms with Crippen molar-refractivity contribution < 1.29 is 0 Å². The van der Waals surface area contributed by atoms with Crippen LogP contribution in [0.25, 0.3) is 0 Å². The molecule has 4 heteroatoms. The molecule has 0 unspecified atom stereocenters. The van der Waals surface area contributed by atoms with Gasteiger partial charge in [0, 0.05) is 5.92 Å². The molecule has 0 spiro atoms. The van der Waals surface area contributed by atoms with Crippen molar-refractivity contribution in [1.82, 2.24) is 15.0 Å². The van der Waals surface area contributed by atoms with Crippen LogP contribution >= 0.6 is 0 Å². The third-order valence-electron chi connectivity index (χ3n) is 3.49. The highest BCUT2D eigenvalue weighted by molar-refractivity contribution is 5.37. The minimum Gasteiger partial charge on any atom is -0.382 e. The van der Waals surface area contributed by atoms with Crippen molar-refractivity contribution in [2.24, 2.45) is 0 Å². The van der Waals surface area contributed by atoms with Gasteiger partial charge in [0.05, 0.1) is 6.04 Å². The van der Waals surface area contributed by atoms with Crippen molar-refractivity contribution in [2.45, 2.75) is 64.3 Å². The monoisotopic (exact) mass is 222 g/mol. The third kappa shape index (κ3) is 2.20. The highest BCUT2D eigenvalue weighted by atomic mass is 15.5. The van der Waals surface area contributed by atoms with Crippen molar-refractivity contribution in [2.75, 3.05) is 5.73 Å². The number of nitrogens with two attached hydrogens (primary N) is 1. The van der Waals surface area contributed by atoms with Gasteiger partial charge in [0.15, 0.2) is 0 Å². The van der Waals surface area contributed by atoms with Crippen LogP contribution in [0.5, 0.6) is 0 Å². The number of hydrogen-bond acceptors (Lipinski definition) is 3. The summed E-state index contributed by atoms with van der Waals surface area (Å²) >= 11 is 0. The Labute approximate surface area is 97.2 Å². The molecule has 0 radical (unpaired) electrons. The van der Waals surface area contributed by atoms with E-state index in [4.69, 9.17) is 5.73 Å². The predicted molar refractivity (Wildman–Crippen MR) is 65.3 cm³/mol. The zero-order valence-corrected chi connectivity index (χ0v) is 10.3. The lowest BCUT2D eigenvalue weighted by atomic mass is 9.96. The molecule has 1 heterocycles. The summed E-state index contributed by atoms with van der Waals surface area (Å²) < 4.78 is 1.83. The normalized spacial score (nSPS) is 18.9. The van der Waals surface area contributed by atoms with E-state index < -0.39 is 0 Å². The van der Waals surface area contributed by atoms with Crippen molar-refractivity contribution in [1.29, 1.82) is 0 Å². The minimum absolute atomic E-state index is 0.298. The zero-order valence-electron chi connectivity index (χ0n) is 10.3. The fourth-order valence-electron chi connectivity index (χ4n) is 2.54. The Hall–Kier alpha value is -1.06. The van der Waals surface area contributed by atoms with Gasteiger partial charge < -0.3 is 5.73 Å². The Morgan fingerprint density at radius 3 is 2.31 bits per heavy atom. The summed E-state index contributed by atoms with van der Waals surface area (Å²) in [6.07, 6.45) is 7.77. The maximum atomic E-state index is 6.12. The molecule has 2 rings (SSSR count). The van der Waals surface area contributed by atoms with E-state index in [1.165, 1.54) is 38.5 Å². The molecule has 0 amide bonds. The second kappa shape index (κ2) is 4.85. The predicted octanol–water partition coefficient (Wildman–Crippen LogP) is 2.88. The second-order valence-electron chi connectivity index (χ2n) is 5.09. The van der Waals surface area contributed by atoms with E-state index in [2.05, 4.69) is 24.2 Å². The summed E-state index contributed by atoms with van der Waals surface area (Å²) in [6.45, 7) is 4.17. The van der Waals surface area contributed by atoms with Crippen LogP contribution in [0.15, 0.2) is 0 Å². The van der Waals surface area contributed by atoms with Gasteiger partial charge in [-0.25, -0.2) is 4.68 Å². The van der Waals surface area contributed by atoms with Crippen LogP contribution in [0.4, 0.5) is 5.82 Å². The van der Waals surface area contributed by atoms with Crippen LogP contribution < -0.4 is 5.73 Å². The Morgan fingerprint density at radius 1 is 1.19 bits per heavy atom. The second-order valence-corrected chi connectivity index (χ2v) is 5.09. The van der Waals surface area contributed by atoms with Crippen LogP contribution in [0.1, 0.15) is 70.0 Å². The summed E-state index contributed by atoms with van der Waals surface area (Å²) in [6, 6.07) is 0.298. The van der Waals surface area contributed by atoms with Crippen molar-refractivity contribution in [3.05, 3.63) is 5.69 Å². The molecule has 4 nitrogen and oxygen atoms in total. The van der Waals surface area contributed by atoms with Gasteiger partial charge in [-0.05, 0) is 26.7 Å². The number of nitrogen functional groups attached to an aromatic ring is 1. The molecule has 1 saturated carbocycles. The highest BCUT2D eigenvalue weighted by Gasteiger charge is 2.22. The van der Waals surface area contributed by atoms with Gasteiger partial charge in [-0.2, -0.15) is 0 Å². The van der Waals surface area contributed by atoms with E-state index in [9.17, 15) is 0 Å². The molecule has 1 aliphatic rings. The molecule has 1 aromatic rings. The highest BCUT2D eigenvalue weighted by Crippen LogP contribution is 2.33. The average Bonchev–Trinajstić information content (AvgIpc) is 2.50. The van der Waals surface area contributed by atoms with Crippen LogP contribution in [0.3, 0.4) is 0 Å². The summed E-state index contributed by atoms with van der Waals surface area (Å²) in [5.41, 5.74) is 7.16. The van der Waals surface area contributed by atoms with Crippen LogP contribution in [0.2, 0.25) is 0 Å². The number of aromatic nitrogens is 3. The molecule has 1 fully saturated rings. The van der Waals surface area contributed by atoms with Crippen LogP contribution in [-0.4, -0.2) is 15.0 Å². The Balaban J connectivity index is 2.19. The van der Waals surface area contributed by atoms with Crippen LogP contribution in [0, 0.1) is 0 Å². The Bertz CT molecular complexity index is 335. The fourth-order valence-corrected chi connectivity index (χ4v) is 2.54. The summed E-state index contributed by atoms with van der Waals surface area (Å²) in [5, 5.41) is 8.45. The van der Waals surface area contributed by atoms with Gasteiger partial charge in [-0.3, -0.25) is 0 Å². The summed E-state index contributed by atoms with van der Waals surface area (Å²) in [5.74, 6) is 1.32. The standard InChI is InChI=1S/C12H22N4/c1-9(2)16-12(13)11(14-15-16)10-7-5-3-4-6-8-10/h9-10H,3-8,13H2,1-2H3. The maximum absolute atomic E-state index is 6.12. The lowest BCUT2D eigenvalue weighted by Gasteiger charge is -2.12. The summed E-state index contributed by atoms with van der Waals surface area (Å²) in [4.78, 5) is 0. The summed E-state index contributed by atoms with van der Waals surface area (Å²) in [7, 11) is 0. The SMILES string of the molecule is CC(C)n1nnc(C2CCCCCC2)c1N. The van der Waals surface area contributed by atoms with Gasteiger partial charge in [0.25, 0.3) is 0 Å². The zero-order chi connectivity index (χ0) is 11.5. The first-order valence-electron chi connectivity index (χ1n) is 6.40. The lowest BCUT2D eigenvalue weighted by molar-refractivity contribution is 0.520. The minimum atomic E-state index is 0.298. The van der Waals surface area contributed by atoms with Crippen LogP contribution in [-0.2, 0) is 0 Å². The number of nitrogens with zero attached hydrogens (tertiary/aromatic N) is 3. The molecule has 0 bridgehead atoms. The molecule has 16 heavy (non-hydrogen) atoms. The van der Waals surface area contributed by atoms with Crippen molar-refractivity contribution >= 4 is 5.82 Å². The first kappa shape index (κ1) is 11.4. The van der Waals surface area contributed by atoms with E-state index in [0.29, 0.717) is 12.0 Å². The Morgan fingerprint density at radius 2 is 1.81 bits per heavy atom. The maximum Gasteiger partial charge on any atom is 0.146 e. The lowest BCUT2D eigenvalue weighted by Crippen LogP contribution is -2.09. The first-order valence-corrected chi connectivity index (χ1v) is 6.40. The van der Waals surface area contributed by atoms with E-state index in [1.807, 2.05) is 4.68 Å². The van der Waals surface area contributed by atoms with E-state index in [1.54, 1.807) is 0 Å². The van der Waals surface area contributed by atoms with Gasteiger partial charge in [0.2, 0.25) is 0 Å². The molecule has 1 aromatic heterocycles. The molecule has 0 saturated heterocycles.